The summed E-state index contributed by atoms with van der Waals surface area (Å²) in [5, 5.41) is 3.15. The zero-order chi connectivity index (χ0) is 12.3. The lowest BCUT2D eigenvalue weighted by Crippen LogP contribution is -2.48. The molecule has 2 rings (SSSR count). The zero-order valence-corrected chi connectivity index (χ0v) is 11.2. The first kappa shape index (κ1) is 12.5. The fourth-order valence-electron chi connectivity index (χ4n) is 1.73. The summed E-state index contributed by atoms with van der Waals surface area (Å²) in [6.07, 6.45) is -0.377. The van der Waals surface area contributed by atoms with E-state index in [1.54, 1.807) is 11.9 Å². The molecule has 0 bridgehead atoms. The summed E-state index contributed by atoms with van der Waals surface area (Å²) in [6.45, 7) is 1.98. The van der Waals surface area contributed by atoms with Gasteiger partial charge in [0.15, 0.2) is 0 Å². The number of carbonyl (C=O) groups excluding carboxylic acids is 1. The third kappa shape index (κ3) is 3.06. The molecule has 1 aromatic carbocycles. The summed E-state index contributed by atoms with van der Waals surface area (Å²) in [7, 11) is 1.77. The van der Waals surface area contributed by atoms with Gasteiger partial charge in [0.25, 0.3) is 5.91 Å². The van der Waals surface area contributed by atoms with E-state index in [1.807, 2.05) is 24.3 Å². The van der Waals surface area contributed by atoms with Gasteiger partial charge >= 0.3 is 0 Å². The molecule has 1 aromatic rings. The Bertz CT molecular complexity index is 388. The number of rotatable bonds is 2. The minimum absolute atomic E-state index is 0.0143. The molecule has 0 spiro atoms. The molecule has 1 unspecified atom stereocenters. The zero-order valence-electron chi connectivity index (χ0n) is 9.65. The second kappa shape index (κ2) is 5.62. The number of amides is 1. The van der Waals surface area contributed by atoms with Crippen LogP contribution in [0.4, 0.5) is 5.69 Å². The second-order valence-electron chi connectivity index (χ2n) is 3.94. The average Bonchev–Trinajstić information content (AvgIpc) is 2.39. The maximum Gasteiger partial charge on any atom is 0.257 e. The summed E-state index contributed by atoms with van der Waals surface area (Å²) in [5.41, 5.74) is 0.868. The van der Waals surface area contributed by atoms with Gasteiger partial charge < -0.3 is 15.0 Å². The topological polar surface area (TPSA) is 41.6 Å². The van der Waals surface area contributed by atoms with Gasteiger partial charge in [-0.1, -0.05) is 15.9 Å². The maximum atomic E-state index is 12.1. The number of ether oxygens (including phenoxy) is 1. The van der Waals surface area contributed by atoms with E-state index < -0.39 is 0 Å². The van der Waals surface area contributed by atoms with Crippen LogP contribution in [0.1, 0.15) is 0 Å². The van der Waals surface area contributed by atoms with Crippen LogP contribution in [0.5, 0.6) is 0 Å². The van der Waals surface area contributed by atoms with E-state index in [0.717, 1.165) is 16.7 Å². The lowest BCUT2D eigenvalue weighted by atomic mass is 10.2. The molecule has 1 fully saturated rings. The van der Waals surface area contributed by atoms with Crippen molar-refractivity contribution in [3.63, 3.8) is 0 Å². The predicted octanol–water partition coefficient (Wildman–Crippen LogP) is 1.40. The molecule has 4 nitrogen and oxygen atoms in total. The van der Waals surface area contributed by atoms with Gasteiger partial charge in [-0.25, -0.2) is 0 Å². The highest BCUT2D eigenvalue weighted by Crippen LogP contribution is 2.18. The van der Waals surface area contributed by atoms with E-state index in [-0.39, 0.29) is 12.0 Å². The molecule has 0 aliphatic carbocycles. The van der Waals surface area contributed by atoms with E-state index in [2.05, 4.69) is 21.2 Å². The van der Waals surface area contributed by atoms with E-state index in [1.165, 1.54) is 0 Å². The number of hydrogen-bond acceptors (Lipinski definition) is 3. The number of halogens is 1. The van der Waals surface area contributed by atoms with E-state index in [9.17, 15) is 4.79 Å². The first-order valence-electron chi connectivity index (χ1n) is 5.54. The highest BCUT2D eigenvalue weighted by Gasteiger charge is 2.25. The number of benzene rings is 1. The third-order valence-corrected chi connectivity index (χ3v) is 3.28. The lowest BCUT2D eigenvalue weighted by Gasteiger charge is -2.27. The van der Waals surface area contributed by atoms with Gasteiger partial charge in [0.1, 0.15) is 6.10 Å². The fourth-order valence-corrected chi connectivity index (χ4v) is 2.00. The monoisotopic (exact) mass is 298 g/mol. The molecule has 5 heteroatoms. The van der Waals surface area contributed by atoms with Crippen LogP contribution in [0, 0.1) is 0 Å². The third-order valence-electron chi connectivity index (χ3n) is 2.75. The molecule has 1 aliphatic heterocycles. The van der Waals surface area contributed by atoms with Gasteiger partial charge in [-0.3, -0.25) is 4.79 Å². The molecule has 1 saturated heterocycles. The van der Waals surface area contributed by atoms with Crippen LogP contribution in [-0.2, 0) is 9.53 Å². The van der Waals surface area contributed by atoms with Gasteiger partial charge in [-0.2, -0.15) is 0 Å². The first-order valence-corrected chi connectivity index (χ1v) is 6.33. The molecule has 1 N–H and O–H groups in total. The van der Waals surface area contributed by atoms with Crippen LogP contribution in [0.15, 0.2) is 28.7 Å². The van der Waals surface area contributed by atoms with Crippen molar-refractivity contribution in [3.8, 4) is 0 Å². The SMILES string of the molecule is CN(C(=O)C1CNCCO1)c1ccc(Br)cc1. The molecule has 1 heterocycles. The standard InChI is InChI=1S/C12H15BrN2O2/c1-15(10-4-2-9(13)3-5-10)12(16)11-8-14-6-7-17-11/h2-5,11,14H,6-8H2,1H3. The van der Waals surface area contributed by atoms with Crippen LogP contribution >= 0.6 is 15.9 Å². The van der Waals surface area contributed by atoms with Crippen LogP contribution < -0.4 is 10.2 Å². The van der Waals surface area contributed by atoms with Gasteiger partial charge in [0.05, 0.1) is 6.61 Å². The van der Waals surface area contributed by atoms with E-state index in [0.29, 0.717) is 13.2 Å². The van der Waals surface area contributed by atoms with Crippen molar-refractivity contribution in [2.45, 2.75) is 6.10 Å². The highest BCUT2D eigenvalue weighted by molar-refractivity contribution is 9.10. The molecule has 0 saturated carbocycles. The lowest BCUT2D eigenvalue weighted by molar-refractivity contribution is -0.131. The van der Waals surface area contributed by atoms with Gasteiger partial charge in [0.2, 0.25) is 0 Å². The van der Waals surface area contributed by atoms with Gasteiger partial charge in [-0.05, 0) is 24.3 Å². The summed E-state index contributed by atoms with van der Waals surface area (Å²) >= 11 is 3.37. The number of carbonyl (C=O) groups is 1. The van der Waals surface area contributed by atoms with Crippen LogP contribution in [0.25, 0.3) is 0 Å². The highest BCUT2D eigenvalue weighted by atomic mass is 79.9. The molecular formula is C12H15BrN2O2. The number of likely N-dealkylation sites (N-methyl/N-ethyl adjacent to an activating group) is 1. The number of anilines is 1. The summed E-state index contributed by atoms with van der Waals surface area (Å²) < 4.78 is 6.44. The van der Waals surface area contributed by atoms with Crippen molar-refractivity contribution in [2.24, 2.45) is 0 Å². The normalized spacial score (nSPS) is 20.0. The first-order chi connectivity index (χ1) is 8.18. The van der Waals surface area contributed by atoms with E-state index >= 15 is 0 Å². The molecule has 0 radical (unpaired) electrons. The van der Waals surface area contributed by atoms with Crippen molar-refractivity contribution < 1.29 is 9.53 Å². The summed E-state index contributed by atoms with van der Waals surface area (Å²) in [5.74, 6) is -0.0143. The molecule has 17 heavy (non-hydrogen) atoms. The Labute approximate surface area is 109 Å². The number of hydrogen-bond donors (Lipinski definition) is 1. The Kier molecular flexibility index (Phi) is 4.15. The van der Waals surface area contributed by atoms with Crippen molar-refractivity contribution in [1.29, 1.82) is 0 Å². The number of nitrogens with zero attached hydrogens (tertiary/aromatic N) is 1. The second-order valence-corrected chi connectivity index (χ2v) is 4.85. The molecule has 92 valence electrons. The largest absolute Gasteiger partial charge is 0.366 e. The Balaban J connectivity index is 2.05. The smallest absolute Gasteiger partial charge is 0.257 e. The minimum atomic E-state index is -0.377. The van der Waals surface area contributed by atoms with Crippen molar-refractivity contribution in [2.75, 3.05) is 31.6 Å². The van der Waals surface area contributed by atoms with E-state index in [4.69, 9.17) is 4.74 Å². The molecular weight excluding hydrogens is 284 g/mol. The molecule has 0 aromatic heterocycles. The van der Waals surface area contributed by atoms with Gasteiger partial charge in [0, 0.05) is 30.3 Å². The summed E-state index contributed by atoms with van der Waals surface area (Å²) in [6, 6.07) is 7.63. The van der Waals surface area contributed by atoms with Crippen molar-refractivity contribution in [3.05, 3.63) is 28.7 Å². The molecule has 1 amide bonds. The quantitative estimate of drug-likeness (QED) is 0.897. The Morgan fingerprint density at radius 3 is 2.76 bits per heavy atom. The maximum absolute atomic E-state index is 12.1. The fraction of sp³-hybridized carbons (Fsp3) is 0.417. The number of morpholine rings is 1. The predicted molar refractivity (Wildman–Crippen MR) is 70.2 cm³/mol. The van der Waals surface area contributed by atoms with Crippen molar-refractivity contribution in [1.82, 2.24) is 5.32 Å². The molecule has 1 aliphatic rings. The number of nitrogens with one attached hydrogen (secondary N) is 1. The van der Waals surface area contributed by atoms with Crippen LogP contribution in [0.2, 0.25) is 0 Å². The van der Waals surface area contributed by atoms with Crippen LogP contribution in [-0.4, -0.2) is 38.8 Å². The Hall–Kier alpha value is -0.910. The van der Waals surface area contributed by atoms with Crippen molar-refractivity contribution >= 4 is 27.5 Å². The van der Waals surface area contributed by atoms with Crippen LogP contribution in [0.3, 0.4) is 0 Å². The Morgan fingerprint density at radius 2 is 2.18 bits per heavy atom. The summed E-state index contributed by atoms with van der Waals surface area (Å²) in [4.78, 5) is 13.8. The Morgan fingerprint density at radius 1 is 1.47 bits per heavy atom. The average molecular weight is 299 g/mol. The van der Waals surface area contributed by atoms with Gasteiger partial charge in [-0.15, -0.1) is 0 Å². The molecule has 1 atom stereocenters. The minimum Gasteiger partial charge on any atom is -0.366 e.